The van der Waals surface area contributed by atoms with Crippen LogP contribution in [0, 0.1) is 5.92 Å². The average Bonchev–Trinajstić information content (AvgIpc) is 2.71. The zero-order valence-electron chi connectivity index (χ0n) is 9.99. The fourth-order valence-electron chi connectivity index (χ4n) is 2.91. The van der Waals surface area contributed by atoms with Crippen molar-refractivity contribution in [2.45, 2.75) is 25.3 Å². The summed E-state index contributed by atoms with van der Waals surface area (Å²) < 4.78 is 5.66. The Morgan fingerprint density at radius 3 is 2.59 bits per heavy atom. The minimum atomic E-state index is 0.443. The topological polar surface area (TPSA) is 28.4 Å². The van der Waals surface area contributed by atoms with E-state index in [2.05, 4.69) is 10.2 Å². The molecule has 0 bridgehead atoms. The van der Waals surface area contributed by atoms with Crippen LogP contribution in [0.5, 0.6) is 0 Å². The van der Waals surface area contributed by atoms with Crippen molar-refractivity contribution in [1.82, 2.24) is 10.2 Å². The normalized spacial score (nSPS) is 24.5. The van der Waals surface area contributed by atoms with Crippen molar-refractivity contribution in [3.05, 3.63) is 23.1 Å². The lowest BCUT2D eigenvalue weighted by Gasteiger charge is -2.41. The first kappa shape index (κ1) is 11.6. The number of hydrogen-bond donors (Lipinski definition) is 1. The maximum atomic E-state index is 5.91. The van der Waals surface area contributed by atoms with E-state index in [-0.39, 0.29) is 0 Å². The van der Waals surface area contributed by atoms with Gasteiger partial charge in [0.25, 0.3) is 0 Å². The van der Waals surface area contributed by atoms with Gasteiger partial charge >= 0.3 is 0 Å². The van der Waals surface area contributed by atoms with E-state index in [9.17, 15) is 0 Å². The van der Waals surface area contributed by atoms with E-state index in [0.717, 1.165) is 37.9 Å². The lowest BCUT2D eigenvalue weighted by molar-refractivity contribution is 0.0686. The SMILES string of the molecule is Clc1ccc([C@@H](C2CCC2)N2CCNCC2)o1. The minimum absolute atomic E-state index is 0.443. The molecule has 4 heteroatoms. The molecular formula is C13H19ClN2O. The third kappa shape index (κ3) is 2.37. The lowest BCUT2D eigenvalue weighted by Crippen LogP contribution is -2.47. The van der Waals surface area contributed by atoms with Gasteiger partial charge in [-0.15, -0.1) is 0 Å². The molecule has 1 aromatic heterocycles. The van der Waals surface area contributed by atoms with E-state index in [4.69, 9.17) is 16.0 Å². The van der Waals surface area contributed by atoms with Crippen molar-refractivity contribution in [2.24, 2.45) is 5.92 Å². The number of hydrogen-bond acceptors (Lipinski definition) is 3. The van der Waals surface area contributed by atoms with Gasteiger partial charge in [-0.1, -0.05) is 6.42 Å². The molecule has 1 aromatic rings. The fourth-order valence-corrected chi connectivity index (χ4v) is 3.07. The highest BCUT2D eigenvalue weighted by Gasteiger charge is 2.35. The van der Waals surface area contributed by atoms with Gasteiger partial charge in [0.1, 0.15) is 5.76 Å². The quantitative estimate of drug-likeness (QED) is 0.899. The van der Waals surface area contributed by atoms with Crippen LogP contribution in [0.1, 0.15) is 31.1 Å². The van der Waals surface area contributed by atoms with Gasteiger partial charge in [-0.05, 0) is 42.5 Å². The highest BCUT2D eigenvalue weighted by Crippen LogP contribution is 2.42. The molecule has 1 saturated carbocycles. The zero-order chi connectivity index (χ0) is 11.7. The van der Waals surface area contributed by atoms with Crippen LogP contribution in [0.15, 0.2) is 16.5 Å². The van der Waals surface area contributed by atoms with E-state index in [0.29, 0.717) is 11.3 Å². The molecule has 0 spiro atoms. The van der Waals surface area contributed by atoms with Gasteiger partial charge in [0.2, 0.25) is 0 Å². The van der Waals surface area contributed by atoms with Crippen molar-refractivity contribution in [2.75, 3.05) is 26.2 Å². The summed E-state index contributed by atoms with van der Waals surface area (Å²) in [6, 6.07) is 4.36. The molecule has 0 unspecified atom stereocenters. The van der Waals surface area contributed by atoms with E-state index < -0.39 is 0 Å². The third-order valence-corrected chi connectivity index (χ3v) is 4.23. The Morgan fingerprint density at radius 2 is 2.06 bits per heavy atom. The molecule has 1 N–H and O–H groups in total. The van der Waals surface area contributed by atoms with Crippen LogP contribution in [0.25, 0.3) is 0 Å². The van der Waals surface area contributed by atoms with Crippen LogP contribution in [-0.4, -0.2) is 31.1 Å². The number of halogens is 1. The number of rotatable bonds is 3. The summed E-state index contributed by atoms with van der Waals surface area (Å²) >= 11 is 5.91. The summed E-state index contributed by atoms with van der Waals surface area (Å²) in [6.45, 7) is 4.38. The van der Waals surface area contributed by atoms with Crippen molar-refractivity contribution >= 4 is 11.6 Å². The minimum Gasteiger partial charge on any atom is -0.448 e. The molecule has 1 saturated heterocycles. The predicted octanol–water partition coefficient (Wildman–Crippen LogP) is 2.68. The number of nitrogens with one attached hydrogen (secondary N) is 1. The Labute approximate surface area is 107 Å². The summed E-state index contributed by atoms with van der Waals surface area (Å²) in [5.74, 6) is 1.82. The molecule has 2 heterocycles. The summed E-state index contributed by atoms with van der Waals surface area (Å²) in [7, 11) is 0. The Morgan fingerprint density at radius 1 is 1.29 bits per heavy atom. The van der Waals surface area contributed by atoms with Gasteiger partial charge < -0.3 is 9.73 Å². The predicted molar refractivity (Wildman–Crippen MR) is 68.2 cm³/mol. The Kier molecular flexibility index (Phi) is 3.41. The summed E-state index contributed by atoms with van der Waals surface area (Å²) in [6.07, 6.45) is 4.02. The zero-order valence-corrected chi connectivity index (χ0v) is 10.7. The smallest absolute Gasteiger partial charge is 0.193 e. The van der Waals surface area contributed by atoms with Crippen LogP contribution >= 0.6 is 11.6 Å². The van der Waals surface area contributed by atoms with Crippen LogP contribution in [-0.2, 0) is 0 Å². The number of piperazine rings is 1. The first-order chi connectivity index (χ1) is 8.34. The summed E-state index contributed by atoms with van der Waals surface area (Å²) in [5, 5.41) is 3.92. The number of nitrogens with zero attached hydrogens (tertiary/aromatic N) is 1. The van der Waals surface area contributed by atoms with Crippen LogP contribution in [0.4, 0.5) is 0 Å². The van der Waals surface area contributed by atoms with E-state index in [1.807, 2.05) is 12.1 Å². The summed E-state index contributed by atoms with van der Waals surface area (Å²) in [5.41, 5.74) is 0. The van der Waals surface area contributed by atoms with Crippen LogP contribution in [0.3, 0.4) is 0 Å². The highest BCUT2D eigenvalue weighted by atomic mass is 35.5. The largest absolute Gasteiger partial charge is 0.448 e. The van der Waals surface area contributed by atoms with Crippen molar-refractivity contribution in [3.8, 4) is 0 Å². The van der Waals surface area contributed by atoms with Gasteiger partial charge in [0, 0.05) is 26.2 Å². The summed E-state index contributed by atoms with van der Waals surface area (Å²) in [4.78, 5) is 2.55. The van der Waals surface area contributed by atoms with E-state index >= 15 is 0 Å². The standard InChI is InChI=1S/C13H19ClN2O/c14-12-5-4-11(17-12)13(10-2-1-3-10)16-8-6-15-7-9-16/h4-5,10,13,15H,1-3,6-9H2/t13-/m1/s1. The molecule has 3 nitrogen and oxygen atoms in total. The molecule has 1 aliphatic carbocycles. The second-order valence-corrected chi connectivity index (χ2v) is 5.44. The maximum Gasteiger partial charge on any atom is 0.193 e. The average molecular weight is 255 g/mol. The third-order valence-electron chi connectivity index (χ3n) is 4.03. The number of furan rings is 1. The van der Waals surface area contributed by atoms with Crippen molar-refractivity contribution < 1.29 is 4.42 Å². The van der Waals surface area contributed by atoms with Crippen LogP contribution in [0.2, 0.25) is 5.22 Å². The molecular weight excluding hydrogens is 236 g/mol. The fraction of sp³-hybridized carbons (Fsp3) is 0.692. The molecule has 2 fully saturated rings. The molecule has 2 aliphatic rings. The van der Waals surface area contributed by atoms with Gasteiger partial charge in [0.15, 0.2) is 5.22 Å². The highest BCUT2D eigenvalue weighted by molar-refractivity contribution is 6.28. The van der Waals surface area contributed by atoms with Crippen LogP contribution < -0.4 is 5.32 Å². The first-order valence-corrected chi connectivity index (χ1v) is 6.92. The molecule has 17 heavy (non-hydrogen) atoms. The molecule has 94 valence electrons. The van der Waals surface area contributed by atoms with E-state index in [1.54, 1.807) is 0 Å². The lowest BCUT2D eigenvalue weighted by atomic mass is 9.78. The Balaban J connectivity index is 1.80. The second-order valence-electron chi connectivity index (χ2n) is 5.06. The van der Waals surface area contributed by atoms with Gasteiger partial charge in [-0.25, -0.2) is 0 Å². The Bertz CT molecular complexity index is 369. The van der Waals surface area contributed by atoms with E-state index in [1.165, 1.54) is 19.3 Å². The maximum absolute atomic E-state index is 5.91. The van der Waals surface area contributed by atoms with Gasteiger partial charge in [-0.2, -0.15) is 0 Å². The molecule has 0 amide bonds. The van der Waals surface area contributed by atoms with Crippen molar-refractivity contribution in [1.29, 1.82) is 0 Å². The molecule has 1 atom stereocenters. The molecule has 0 radical (unpaired) electrons. The first-order valence-electron chi connectivity index (χ1n) is 6.54. The monoisotopic (exact) mass is 254 g/mol. The van der Waals surface area contributed by atoms with Gasteiger partial charge in [0.05, 0.1) is 6.04 Å². The Hall–Kier alpha value is -0.510. The molecule has 3 rings (SSSR count). The van der Waals surface area contributed by atoms with Crippen molar-refractivity contribution in [3.63, 3.8) is 0 Å². The second kappa shape index (κ2) is 5.01. The molecule has 0 aromatic carbocycles. The molecule has 1 aliphatic heterocycles. The van der Waals surface area contributed by atoms with Gasteiger partial charge in [-0.3, -0.25) is 4.90 Å².